The highest BCUT2D eigenvalue weighted by Gasteiger charge is 2.32. The Hall–Kier alpha value is -2.28. The van der Waals surface area contributed by atoms with E-state index in [1.54, 1.807) is 4.90 Å². The zero-order valence-corrected chi connectivity index (χ0v) is 23.9. The number of nitrogens with one attached hydrogen (secondary N) is 1. The highest BCUT2D eigenvalue weighted by Crippen LogP contribution is 2.24. The Kier molecular flexibility index (Phi) is 10.5. The topological polar surface area (TPSA) is 49.4 Å². The Labute approximate surface area is 237 Å². The van der Waals surface area contributed by atoms with Crippen molar-refractivity contribution in [3.05, 3.63) is 99.5 Å². The SMILES string of the molecule is O=C(NC1CCCCC1)[C@@H](Cc1ccccc1)N(Cc1cccc(Br)c1)C(=O)CSc1ccc(Cl)cc1. The van der Waals surface area contributed by atoms with Gasteiger partial charge >= 0.3 is 0 Å². The fraction of sp³-hybridized carbons (Fsp3) is 0.333. The van der Waals surface area contributed by atoms with Crippen LogP contribution < -0.4 is 5.32 Å². The molecule has 1 N–H and O–H groups in total. The molecule has 1 aliphatic rings. The fourth-order valence-electron chi connectivity index (χ4n) is 4.69. The lowest BCUT2D eigenvalue weighted by Crippen LogP contribution is -2.53. The predicted octanol–water partition coefficient (Wildman–Crippen LogP) is 7.28. The number of amides is 2. The molecule has 3 aromatic rings. The van der Waals surface area contributed by atoms with Gasteiger partial charge in [0.05, 0.1) is 5.75 Å². The minimum Gasteiger partial charge on any atom is -0.352 e. The molecule has 4 nitrogen and oxygen atoms in total. The van der Waals surface area contributed by atoms with Crippen molar-refractivity contribution in [1.82, 2.24) is 10.2 Å². The van der Waals surface area contributed by atoms with Gasteiger partial charge in [0.25, 0.3) is 0 Å². The molecule has 0 spiro atoms. The molecule has 37 heavy (non-hydrogen) atoms. The number of hydrogen-bond donors (Lipinski definition) is 1. The van der Waals surface area contributed by atoms with E-state index in [9.17, 15) is 9.59 Å². The first-order valence-electron chi connectivity index (χ1n) is 12.7. The van der Waals surface area contributed by atoms with Crippen molar-refractivity contribution in [3.8, 4) is 0 Å². The molecule has 1 atom stereocenters. The number of hydrogen-bond acceptors (Lipinski definition) is 3. The van der Waals surface area contributed by atoms with Gasteiger partial charge in [-0.25, -0.2) is 0 Å². The van der Waals surface area contributed by atoms with Crippen molar-refractivity contribution in [2.75, 3.05) is 5.75 Å². The first kappa shape index (κ1) is 27.7. The molecule has 0 unspecified atom stereocenters. The number of benzene rings is 3. The Morgan fingerprint density at radius 1 is 0.946 bits per heavy atom. The molecule has 0 heterocycles. The maximum absolute atomic E-state index is 13.8. The van der Waals surface area contributed by atoms with E-state index in [1.165, 1.54) is 18.2 Å². The minimum atomic E-state index is -0.610. The Morgan fingerprint density at radius 2 is 1.65 bits per heavy atom. The van der Waals surface area contributed by atoms with Gasteiger partial charge in [-0.15, -0.1) is 11.8 Å². The van der Waals surface area contributed by atoms with E-state index in [-0.39, 0.29) is 23.6 Å². The lowest BCUT2D eigenvalue weighted by molar-refractivity contribution is -0.139. The second-order valence-corrected chi connectivity index (χ2v) is 11.8. The van der Waals surface area contributed by atoms with Gasteiger partial charge in [-0.05, 0) is 60.4 Å². The molecule has 1 fully saturated rings. The first-order valence-corrected chi connectivity index (χ1v) is 14.9. The van der Waals surface area contributed by atoms with Crippen LogP contribution in [0.15, 0.2) is 88.2 Å². The largest absolute Gasteiger partial charge is 0.352 e. The van der Waals surface area contributed by atoms with Crippen LogP contribution in [0, 0.1) is 0 Å². The number of carbonyl (C=O) groups is 2. The summed E-state index contributed by atoms with van der Waals surface area (Å²) in [4.78, 5) is 30.3. The van der Waals surface area contributed by atoms with Gasteiger partial charge in [-0.1, -0.05) is 89.3 Å². The Balaban J connectivity index is 1.60. The van der Waals surface area contributed by atoms with Gasteiger partial charge in [-0.3, -0.25) is 9.59 Å². The van der Waals surface area contributed by atoms with Crippen LogP contribution in [0.1, 0.15) is 43.2 Å². The van der Waals surface area contributed by atoms with Crippen LogP contribution in [0.25, 0.3) is 0 Å². The van der Waals surface area contributed by atoms with Gasteiger partial charge in [0.1, 0.15) is 6.04 Å². The van der Waals surface area contributed by atoms with E-state index >= 15 is 0 Å². The summed E-state index contributed by atoms with van der Waals surface area (Å²) in [5.41, 5.74) is 2.01. The van der Waals surface area contributed by atoms with Crippen molar-refractivity contribution in [1.29, 1.82) is 0 Å². The highest BCUT2D eigenvalue weighted by atomic mass is 79.9. The van der Waals surface area contributed by atoms with Crippen LogP contribution in [0.3, 0.4) is 0 Å². The average molecular weight is 600 g/mol. The third-order valence-electron chi connectivity index (χ3n) is 6.64. The molecule has 4 rings (SSSR count). The molecule has 0 aromatic heterocycles. The molecule has 7 heteroatoms. The Bertz CT molecular complexity index is 1170. The number of halogens is 2. The van der Waals surface area contributed by atoms with Gasteiger partial charge in [0, 0.05) is 33.4 Å². The lowest BCUT2D eigenvalue weighted by atomic mass is 9.94. The molecule has 0 aliphatic heterocycles. The molecule has 0 saturated heterocycles. The molecule has 0 radical (unpaired) electrons. The summed E-state index contributed by atoms with van der Waals surface area (Å²) < 4.78 is 0.944. The summed E-state index contributed by atoms with van der Waals surface area (Å²) in [6.07, 6.45) is 5.94. The number of thioether (sulfide) groups is 1. The summed E-state index contributed by atoms with van der Waals surface area (Å²) in [7, 11) is 0. The number of carbonyl (C=O) groups excluding carboxylic acids is 2. The van der Waals surface area contributed by atoms with Crippen molar-refractivity contribution >= 4 is 51.1 Å². The third-order valence-corrected chi connectivity index (χ3v) is 8.38. The standard InChI is InChI=1S/C30H32BrClN2O2S/c31-24-11-7-10-23(18-24)20-34(29(35)21-37-27-16-14-25(32)15-17-27)28(19-22-8-3-1-4-9-22)30(36)33-26-12-5-2-6-13-26/h1,3-4,7-11,14-18,26,28H,2,5-6,12-13,19-21H2,(H,33,36)/t28-/m1/s1. The number of rotatable bonds is 10. The van der Waals surface area contributed by atoms with Crippen molar-refractivity contribution in [2.45, 2.75) is 62.0 Å². The van der Waals surface area contributed by atoms with Crippen LogP contribution in [-0.4, -0.2) is 34.6 Å². The second kappa shape index (κ2) is 14.0. The summed E-state index contributed by atoms with van der Waals surface area (Å²) in [5, 5.41) is 3.95. The molecule has 1 aliphatic carbocycles. The van der Waals surface area contributed by atoms with E-state index in [0.29, 0.717) is 18.0 Å². The van der Waals surface area contributed by atoms with E-state index in [1.807, 2.05) is 78.9 Å². The van der Waals surface area contributed by atoms with Crippen LogP contribution in [0.2, 0.25) is 5.02 Å². The van der Waals surface area contributed by atoms with Crippen LogP contribution in [-0.2, 0) is 22.6 Å². The van der Waals surface area contributed by atoms with Crippen molar-refractivity contribution in [3.63, 3.8) is 0 Å². The fourth-order valence-corrected chi connectivity index (χ4v) is 6.05. The first-order chi connectivity index (χ1) is 18.0. The summed E-state index contributed by atoms with van der Waals surface area (Å²) in [6.45, 7) is 0.356. The zero-order chi connectivity index (χ0) is 26.0. The zero-order valence-electron chi connectivity index (χ0n) is 20.7. The van der Waals surface area contributed by atoms with Gasteiger partial charge in [0.2, 0.25) is 11.8 Å². The molecule has 1 saturated carbocycles. The van der Waals surface area contributed by atoms with Crippen LogP contribution in [0.5, 0.6) is 0 Å². The normalized spacial score (nSPS) is 14.6. The van der Waals surface area contributed by atoms with E-state index in [0.717, 1.165) is 46.2 Å². The Morgan fingerprint density at radius 3 is 2.35 bits per heavy atom. The predicted molar refractivity (Wildman–Crippen MR) is 156 cm³/mol. The molecule has 2 amide bonds. The highest BCUT2D eigenvalue weighted by molar-refractivity contribution is 9.10. The quantitative estimate of drug-likeness (QED) is 0.249. The van der Waals surface area contributed by atoms with Gasteiger partial charge in [0.15, 0.2) is 0 Å². The van der Waals surface area contributed by atoms with Crippen molar-refractivity contribution in [2.24, 2.45) is 0 Å². The van der Waals surface area contributed by atoms with Crippen LogP contribution in [0.4, 0.5) is 0 Å². The lowest BCUT2D eigenvalue weighted by Gasteiger charge is -2.33. The summed E-state index contributed by atoms with van der Waals surface area (Å²) in [5.74, 6) is 0.0905. The smallest absolute Gasteiger partial charge is 0.243 e. The minimum absolute atomic E-state index is 0.0698. The summed E-state index contributed by atoms with van der Waals surface area (Å²) >= 11 is 11.0. The second-order valence-electron chi connectivity index (χ2n) is 9.44. The van der Waals surface area contributed by atoms with Crippen LogP contribution >= 0.6 is 39.3 Å². The average Bonchev–Trinajstić information content (AvgIpc) is 2.91. The van der Waals surface area contributed by atoms with Gasteiger partial charge in [-0.2, -0.15) is 0 Å². The van der Waals surface area contributed by atoms with Gasteiger partial charge < -0.3 is 10.2 Å². The maximum Gasteiger partial charge on any atom is 0.243 e. The molecule has 0 bridgehead atoms. The van der Waals surface area contributed by atoms with E-state index in [2.05, 4.69) is 21.2 Å². The monoisotopic (exact) mass is 598 g/mol. The molecular weight excluding hydrogens is 568 g/mol. The van der Waals surface area contributed by atoms with Crippen molar-refractivity contribution < 1.29 is 9.59 Å². The van der Waals surface area contributed by atoms with E-state index < -0.39 is 6.04 Å². The number of nitrogens with zero attached hydrogens (tertiary/aromatic N) is 1. The third kappa shape index (κ3) is 8.62. The molecular formula is C30H32BrClN2O2S. The van der Waals surface area contributed by atoms with E-state index in [4.69, 9.17) is 11.6 Å². The maximum atomic E-state index is 13.8. The molecule has 194 valence electrons. The summed E-state index contributed by atoms with van der Waals surface area (Å²) in [6, 6.07) is 24.9. The molecule has 3 aromatic carbocycles.